The van der Waals surface area contributed by atoms with Gasteiger partial charge >= 0.3 is 11.9 Å². The fraction of sp³-hybridized carbons (Fsp3) is 0.333. The molecule has 4 N–H and O–H groups in total. The van der Waals surface area contributed by atoms with Gasteiger partial charge in [-0.05, 0) is 25.1 Å². The standard InChI is InChI=1S/C12H16N2O6S/c1-2-20-11(15)5-6-21(18,19)14-10-7-8(13)3-4-9(10)12(16)17/h3-4,7,14H,2,5-6,13H2,1H3,(H,16,17). The van der Waals surface area contributed by atoms with E-state index in [9.17, 15) is 18.0 Å². The molecule has 21 heavy (non-hydrogen) atoms. The average Bonchev–Trinajstić information content (AvgIpc) is 2.36. The molecule has 116 valence electrons. The number of hydrogen-bond acceptors (Lipinski definition) is 6. The third-order valence-electron chi connectivity index (χ3n) is 2.42. The van der Waals surface area contributed by atoms with Crippen molar-refractivity contribution in [2.24, 2.45) is 0 Å². The molecule has 9 heteroatoms. The van der Waals surface area contributed by atoms with Gasteiger partial charge in [-0.3, -0.25) is 9.52 Å². The zero-order chi connectivity index (χ0) is 16.0. The molecule has 1 aromatic carbocycles. The van der Waals surface area contributed by atoms with Gasteiger partial charge in [-0.15, -0.1) is 0 Å². The Bertz CT molecular complexity index is 641. The molecule has 0 saturated heterocycles. The van der Waals surface area contributed by atoms with Crippen LogP contribution in [-0.2, 0) is 19.6 Å². The summed E-state index contributed by atoms with van der Waals surface area (Å²) >= 11 is 0. The van der Waals surface area contributed by atoms with E-state index in [1.54, 1.807) is 6.92 Å². The van der Waals surface area contributed by atoms with E-state index < -0.39 is 27.7 Å². The van der Waals surface area contributed by atoms with Gasteiger partial charge in [0.05, 0.1) is 30.0 Å². The first-order valence-corrected chi connectivity index (χ1v) is 7.69. The number of nitrogen functional groups attached to an aromatic ring is 1. The molecule has 8 nitrogen and oxygen atoms in total. The number of sulfonamides is 1. The minimum absolute atomic E-state index is 0.147. The van der Waals surface area contributed by atoms with Crippen molar-refractivity contribution >= 4 is 33.3 Å². The first-order chi connectivity index (χ1) is 9.75. The maximum Gasteiger partial charge on any atom is 0.337 e. The number of nitrogens with two attached hydrogens (primary N) is 1. The van der Waals surface area contributed by atoms with Crippen LogP contribution >= 0.6 is 0 Å². The van der Waals surface area contributed by atoms with E-state index in [4.69, 9.17) is 10.8 Å². The lowest BCUT2D eigenvalue weighted by molar-refractivity contribution is -0.142. The van der Waals surface area contributed by atoms with Gasteiger partial charge in [0.25, 0.3) is 0 Å². The molecule has 0 fully saturated rings. The Morgan fingerprint density at radius 1 is 1.38 bits per heavy atom. The molecule has 0 saturated carbocycles. The number of carboxylic acid groups (broad SMARTS) is 1. The zero-order valence-electron chi connectivity index (χ0n) is 11.3. The smallest absolute Gasteiger partial charge is 0.337 e. The number of rotatable bonds is 7. The molecule has 0 aliphatic rings. The molecule has 0 bridgehead atoms. The van der Waals surface area contributed by atoms with Crippen molar-refractivity contribution < 1.29 is 27.9 Å². The summed E-state index contributed by atoms with van der Waals surface area (Å²) < 4.78 is 30.4. The van der Waals surface area contributed by atoms with E-state index in [1.165, 1.54) is 18.2 Å². The number of carbonyl (C=O) groups excluding carboxylic acids is 1. The summed E-state index contributed by atoms with van der Waals surface area (Å²) in [5, 5.41) is 8.99. The summed E-state index contributed by atoms with van der Waals surface area (Å²) in [5.74, 6) is -2.45. The summed E-state index contributed by atoms with van der Waals surface area (Å²) in [6.07, 6.45) is -0.326. The van der Waals surface area contributed by atoms with E-state index in [1.807, 2.05) is 0 Å². The van der Waals surface area contributed by atoms with Gasteiger partial charge in [-0.2, -0.15) is 0 Å². The highest BCUT2D eigenvalue weighted by molar-refractivity contribution is 7.92. The summed E-state index contributed by atoms with van der Waals surface area (Å²) in [6, 6.07) is 3.74. The van der Waals surface area contributed by atoms with Crippen LogP contribution in [0.25, 0.3) is 0 Å². The Morgan fingerprint density at radius 2 is 2.05 bits per heavy atom. The molecule has 0 atom stereocenters. The van der Waals surface area contributed by atoms with Crippen molar-refractivity contribution in [1.82, 2.24) is 0 Å². The first kappa shape index (κ1) is 16.8. The van der Waals surface area contributed by atoms with Crippen molar-refractivity contribution in [3.63, 3.8) is 0 Å². The number of esters is 1. The lowest BCUT2D eigenvalue weighted by Crippen LogP contribution is -2.21. The molecule has 0 radical (unpaired) electrons. The molecule has 0 amide bonds. The van der Waals surface area contributed by atoms with Crippen LogP contribution in [0.3, 0.4) is 0 Å². The average molecular weight is 316 g/mol. The molecule has 0 aliphatic heterocycles. The largest absolute Gasteiger partial charge is 0.478 e. The molecule has 0 aromatic heterocycles. The van der Waals surface area contributed by atoms with Crippen molar-refractivity contribution in [3.05, 3.63) is 23.8 Å². The summed E-state index contributed by atoms with van der Waals surface area (Å²) in [5.41, 5.74) is 5.34. The van der Waals surface area contributed by atoms with Crippen LogP contribution in [-0.4, -0.2) is 37.8 Å². The van der Waals surface area contributed by atoms with Gasteiger partial charge in [0.1, 0.15) is 0 Å². The normalized spacial score (nSPS) is 10.9. The van der Waals surface area contributed by atoms with Crippen molar-refractivity contribution in [3.8, 4) is 0 Å². The summed E-state index contributed by atoms with van der Waals surface area (Å²) in [6.45, 7) is 1.77. The number of carbonyl (C=O) groups is 2. The van der Waals surface area contributed by atoms with E-state index in [0.29, 0.717) is 0 Å². The lowest BCUT2D eigenvalue weighted by atomic mass is 10.1. The molecular formula is C12H16N2O6S. The van der Waals surface area contributed by atoms with E-state index in [-0.39, 0.29) is 30.0 Å². The number of nitrogens with one attached hydrogen (secondary N) is 1. The summed E-state index contributed by atoms with van der Waals surface area (Å²) in [7, 11) is -3.89. The van der Waals surface area contributed by atoms with Gasteiger partial charge in [0.2, 0.25) is 10.0 Å². The fourth-order valence-electron chi connectivity index (χ4n) is 1.50. The first-order valence-electron chi connectivity index (χ1n) is 6.04. The molecule has 1 rings (SSSR count). The fourth-order valence-corrected chi connectivity index (χ4v) is 2.54. The minimum atomic E-state index is -3.89. The van der Waals surface area contributed by atoms with E-state index in [0.717, 1.165) is 0 Å². The molecule has 0 unspecified atom stereocenters. The molecular weight excluding hydrogens is 300 g/mol. The Balaban J connectivity index is 2.86. The van der Waals surface area contributed by atoms with Gasteiger partial charge < -0.3 is 15.6 Å². The SMILES string of the molecule is CCOC(=O)CCS(=O)(=O)Nc1cc(N)ccc1C(=O)O. The van der Waals surface area contributed by atoms with Crippen LogP contribution in [0.2, 0.25) is 0 Å². The van der Waals surface area contributed by atoms with Crippen LogP contribution in [0.4, 0.5) is 11.4 Å². The van der Waals surface area contributed by atoms with Crippen LogP contribution in [0.15, 0.2) is 18.2 Å². The van der Waals surface area contributed by atoms with Gasteiger partial charge in [0, 0.05) is 5.69 Å². The monoisotopic (exact) mass is 316 g/mol. The Kier molecular flexibility index (Phi) is 5.53. The number of hydrogen-bond donors (Lipinski definition) is 3. The van der Waals surface area contributed by atoms with E-state index in [2.05, 4.69) is 9.46 Å². The minimum Gasteiger partial charge on any atom is -0.478 e. The molecule has 0 heterocycles. The number of ether oxygens (including phenoxy) is 1. The predicted octanol–water partition coefficient (Wildman–Crippen LogP) is 0.662. The second kappa shape index (κ2) is 6.93. The van der Waals surface area contributed by atoms with Crippen LogP contribution in [0.5, 0.6) is 0 Å². The maximum atomic E-state index is 11.8. The molecule has 0 aliphatic carbocycles. The third-order valence-corrected chi connectivity index (χ3v) is 3.69. The number of aromatic carboxylic acids is 1. The Morgan fingerprint density at radius 3 is 2.62 bits per heavy atom. The van der Waals surface area contributed by atoms with Gasteiger partial charge in [0.15, 0.2) is 0 Å². The topological polar surface area (TPSA) is 136 Å². The number of anilines is 2. The lowest BCUT2D eigenvalue weighted by Gasteiger charge is -2.11. The van der Waals surface area contributed by atoms with Crippen molar-refractivity contribution in [1.29, 1.82) is 0 Å². The van der Waals surface area contributed by atoms with Gasteiger partial charge in [-0.1, -0.05) is 0 Å². The second-order valence-corrected chi connectivity index (χ2v) is 5.93. The highest BCUT2D eigenvalue weighted by atomic mass is 32.2. The Hall–Kier alpha value is -2.29. The van der Waals surface area contributed by atoms with Crippen LogP contribution in [0, 0.1) is 0 Å². The maximum absolute atomic E-state index is 11.8. The van der Waals surface area contributed by atoms with Gasteiger partial charge in [-0.25, -0.2) is 13.2 Å². The third kappa shape index (κ3) is 5.30. The predicted molar refractivity (Wildman–Crippen MR) is 76.5 cm³/mol. The van der Waals surface area contributed by atoms with Crippen LogP contribution in [0.1, 0.15) is 23.7 Å². The molecule has 0 spiro atoms. The zero-order valence-corrected chi connectivity index (χ0v) is 12.1. The Labute approximate surface area is 122 Å². The van der Waals surface area contributed by atoms with Crippen LogP contribution < -0.4 is 10.5 Å². The van der Waals surface area contributed by atoms with Crippen molar-refractivity contribution in [2.45, 2.75) is 13.3 Å². The highest BCUT2D eigenvalue weighted by Gasteiger charge is 2.18. The number of benzene rings is 1. The highest BCUT2D eigenvalue weighted by Crippen LogP contribution is 2.20. The molecule has 1 aromatic rings. The number of carboxylic acids is 1. The van der Waals surface area contributed by atoms with E-state index >= 15 is 0 Å². The van der Waals surface area contributed by atoms with Crippen molar-refractivity contribution in [2.75, 3.05) is 22.8 Å². The summed E-state index contributed by atoms with van der Waals surface area (Å²) in [4.78, 5) is 22.2. The second-order valence-electron chi connectivity index (χ2n) is 4.09. The quantitative estimate of drug-likeness (QED) is 0.496.